The summed E-state index contributed by atoms with van der Waals surface area (Å²) < 4.78 is 12.5. The van der Waals surface area contributed by atoms with Gasteiger partial charge < -0.3 is 14.6 Å². The predicted molar refractivity (Wildman–Crippen MR) is 141 cm³/mol. The zero-order valence-corrected chi connectivity index (χ0v) is 23.9. The molecule has 36 heavy (non-hydrogen) atoms. The number of aliphatic hydroxyl groups excluding tert-OH is 1. The van der Waals surface area contributed by atoms with Crippen LogP contribution in [-0.4, -0.2) is 36.0 Å². The van der Waals surface area contributed by atoms with E-state index in [2.05, 4.69) is 47.6 Å². The van der Waals surface area contributed by atoms with E-state index in [9.17, 15) is 9.90 Å². The first-order valence-electron chi connectivity index (χ1n) is 15.0. The number of allylic oxidation sites excluding steroid dienone is 1. The standard InChI is InChI=1S/C32H50O4/c1-8-35-27-25(26(34)21(36-27)17-19(2)3)20-11-13-30(7)23-10-9-22-28(4,5)24(33)12-14-31(22)18-32(23,31)16-15-29(20,30)6/h17,20-23,25-27,34H,8-16,18H2,1-7H3/t20-,21+,22+,23+,25+,26-,27?,29-,30+,31-,32+/m1/s1. The Morgan fingerprint density at radius 1 is 1.00 bits per heavy atom. The summed E-state index contributed by atoms with van der Waals surface area (Å²) in [7, 11) is 0. The Morgan fingerprint density at radius 2 is 1.69 bits per heavy atom. The Balaban J connectivity index is 1.32. The Labute approximate surface area is 219 Å². The Morgan fingerprint density at radius 3 is 2.39 bits per heavy atom. The first-order valence-corrected chi connectivity index (χ1v) is 15.0. The van der Waals surface area contributed by atoms with E-state index < -0.39 is 6.10 Å². The van der Waals surface area contributed by atoms with Gasteiger partial charge in [-0.15, -0.1) is 0 Å². The molecule has 1 saturated heterocycles. The molecule has 4 nitrogen and oxygen atoms in total. The number of carbonyl (C=O) groups is 1. The second-order valence-electron chi connectivity index (χ2n) is 15.0. The highest BCUT2D eigenvalue weighted by Crippen LogP contribution is 2.89. The summed E-state index contributed by atoms with van der Waals surface area (Å²) in [5.41, 5.74) is 2.36. The largest absolute Gasteiger partial charge is 0.390 e. The topological polar surface area (TPSA) is 55.8 Å². The average molecular weight is 499 g/mol. The summed E-state index contributed by atoms with van der Waals surface area (Å²) in [4.78, 5) is 12.9. The van der Waals surface area contributed by atoms with Crippen molar-refractivity contribution in [3.63, 3.8) is 0 Å². The van der Waals surface area contributed by atoms with Gasteiger partial charge in [-0.3, -0.25) is 4.79 Å². The third kappa shape index (κ3) is 2.96. The lowest BCUT2D eigenvalue weighted by atomic mass is 9.42. The molecule has 6 rings (SSSR count). The quantitative estimate of drug-likeness (QED) is 0.438. The molecule has 0 amide bonds. The number of rotatable bonds is 4. The maximum absolute atomic E-state index is 12.9. The molecular weight excluding hydrogens is 448 g/mol. The summed E-state index contributed by atoms with van der Waals surface area (Å²) in [5.74, 6) is 2.27. The highest BCUT2D eigenvalue weighted by molar-refractivity contribution is 5.86. The van der Waals surface area contributed by atoms with E-state index in [0.717, 1.165) is 25.2 Å². The van der Waals surface area contributed by atoms with Crippen molar-refractivity contribution in [1.82, 2.24) is 0 Å². The van der Waals surface area contributed by atoms with E-state index in [1.165, 1.54) is 44.1 Å². The van der Waals surface area contributed by atoms with Crippen LogP contribution < -0.4 is 0 Å². The Kier molecular flexibility index (Phi) is 5.62. The number of Topliss-reactive ketones (excluding diaryl/α,β-unsaturated/α-hetero) is 1. The Hall–Kier alpha value is -0.710. The maximum Gasteiger partial charge on any atom is 0.164 e. The van der Waals surface area contributed by atoms with Crippen LogP contribution in [-0.2, 0) is 14.3 Å². The highest BCUT2D eigenvalue weighted by atomic mass is 16.7. The summed E-state index contributed by atoms with van der Waals surface area (Å²) in [6.45, 7) is 16.5. The van der Waals surface area contributed by atoms with Crippen LogP contribution in [0.5, 0.6) is 0 Å². The van der Waals surface area contributed by atoms with E-state index in [4.69, 9.17) is 9.47 Å². The smallest absolute Gasteiger partial charge is 0.164 e. The van der Waals surface area contributed by atoms with Crippen molar-refractivity contribution in [2.45, 2.75) is 125 Å². The van der Waals surface area contributed by atoms with Crippen LogP contribution in [0.2, 0.25) is 0 Å². The Bertz CT molecular complexity index is 965. The van der Waals surface area contributed by atoms with Gasteiger partial charge in [-0.05, 0) is 112 Å². The van der Waals surface area contributed by atoms with Crippen molar-refractivity contribution in [1.29, 1.82) is 0 Å². The lowest BCUT2D eigenvalue weighted by molar-refractivity contribution is -0.177. The molecule has 4 heteroatoms. The highest BCUT2D eigenvalue weighted by Gasteiger charge is 2.82. The summed E-state index contributed by atoms with van der Waals surface area (Å²) in [6.07, 6.45) is 11.7. The molecule has 2 spiro atoms. The van der Waals surface area contributed by atoms with Crippen LogP contribution in [0.1, 0.15) is 106 Å². The molecule has 0 aromatic rings. The third-order valence-electron chi connectivity index (χ3n) is 13.6. The van der Waals surface area contributed by atoms with Gasteiger partial charge in [0, 0.05) is 24.4 Å². The van der Waals surface area contributed by atoms with Gasteiger partial charge in [0.05, 0.1) is 6.10 Å². The second-order valence-corrected chi connectivity index (χ2v) is 15.0. The molecule has 6 fully saturated rings. The minimum absolute atomic E-state index is 0.0298. The van der Waals surface area contributed by atoms with Crippen molar-refractivity contribution in [3.8, 4) is 0 Å². The van der Waals surface area contributed by atoms with Gasteiger partial charge in [-0.25, -0.2) is 0 Å². The zero-order valence-electron chi connectivity index (χ0n) is 23.9. The fraction of sp³-hybridized carbons (Fsp3) is 0.906. The molecule has 1 unspecified atom stereocenters. The van der Waals surface area contributed by atoms with Crippen molar-refractivity contribution in [3.05, 3.63) is 11.6 Å². The van der Waals surface area contributed by atoms with E-state index in [1.807, 2.05) is 6.92 Å². The molecule has 1 N–H and O–H groups in total. The predicted octanol–water partition coefficient (Wildman–Crippen LogP) is 6.70. The molecule has 1 aliphatic heterocycles. The normalized spacial score (nSPS) is 54.8. The lowest BCUT2D eigenvalue weighted by Crippen LogP contribution is -2.57. The van der Waals surface area contributed by atoms with Gasteiger partial charge >= 0.3 is 0 Å². The zero-order chi connectivity index (χ0) is 25.9. The van der Waals surface area contributed by atoms with Crippen LogP contribution in [0, 0.1) is 50.7 Å². The molecule has 0 aromatic carbocycles. The van der Waals surface area contributed by atoms with Gasteiger partial charge in [-0.2, -0.15) is 0 Å². The molecule has 202 valence electrons. The fourth-order valence-electron chi connectivity index (χ4n) is 11.7. The second kappa shape index (κ2) is 7.92. The molecule has 0 radical (unpaired) electrons. The first kappa shape index (κ1) is 25.6. The number of carbonyl (C=O) groups excluding carboxylic acids is 1. The van der Waals surface area contributed by atoms with E-state index in [1.54, 1.807) is 0 Å². The lowest BCUT2D eigenvalue weighted by Gasteiger charge is -2.62. The summed E-state index contributed by atoms with van der Waals surface area (Å²) in [6, 6.07) is 0. The van der Waals surface area contributed by atoms with E-state index >= 15 is 0 Å². The average Bonchev–Trinajstić information content (AvgIpc) is 3.29. The molecule has 0 bridgehead atoms. The number of hydrogen-bond acceptors (Lipinski definition) is 4. The van der Waals surface area contributed by atoms with Crippen molar-refractivity contribution >= 4 is 5.78 Å². The number of fused-ring (bicyclic) bond motifs is 2. The molecular formula is C32H50O4. The maximum atomic E-state index is 12.9. The molecule has 6 aliphatic rings. The van der Waals surface area contributed by atoms with E-state index in [0.29, 0.717) is 35.1 Å². The molecule has 5 saturated carbocycles. The minimum atomic E-state index is -0.510. The molecule has 0 aromatic heterocycles. The third-order valence-corrected chi connectivity index (χ3v) is 13.6. The summed E-state index contributed by atoms with van der Waals surface area (Å²) in [5, 5.41) is 11.6. The van der Waals surface area contributed by atoms with Crippen molar-refractivity contribution in [2.75, 3.05) is 6.61 Å². The molecule has 1 heterocycles. The van der Waals surface area contributed by atoms with Gasteiger partial charge in [0.15, 0.2) is 6.29 Å². The minimum Gasteiger partial charge on any atom is -0.390 e. The number of aliphatic hydroxyl groups is 1. The first-order chi connectivity index (χ1) is 16.9. The SMILES string of the molecule is CCOC1O[C@@H](C=C(C)C)[C@@H](O)[C@@H]1[C@H]1CC[C@@]2(C)[C@@H]3CC[C@H]4C(C)(C)C(=O)CC[C@@]45C[C@@]35CC[C@]12C. The van der Waals surface area contributed by atoms with E-state index in [-0.39, 0.29) is 34.6 Å². The van der Waals surface area contributed by atoms with Gasteiger partial charge in [0.2, 0.25) is 0 Å². The molecule has 5 aliphatic carbocycles. The van der Waals surface area contributed by atoms with Crippen molar-refractivity contribution in [2.24, 2.45) is 50.7 Å². The number of ether oxygens (including phenoxy) is 2. The van der Waals surface area contributed by atoms with Crippen LogP contribution in [0.15, 0.2) is 11.6 Å². The fourth-order valence-corrected chi connectivity index (χ4v) is 11.7. The van der Waals surface area contributed by atoms with Gasteiger partial charge in [0.1, 0.15) is 11.9 Å². The number of ketones is 1. The van der Waals surface area contributed by atoms with Crippen LogP contribution >= 0.6 is 0 Å². The van der Waals surface area contributed by atoms with Gasteiger partial charge in [-0.1, -0.05) is 39.3 Å². The van der Waals surface area contributed by atoms with Crippen LogP contribution in [0.3, 0.4) is 0 Å². The van der Waals surface area contributed by atoms with Crippen LogP contribution in [0.4, 0.5) is 0 Å². The van der Waals surface area contributed by atoms with Gasteiger partial charge in [0.25, 0.3) is 0 Å². The summed E-state index contributed by atoms with van der Waals surface area (Å²) >= 11 is 0. The molecule has 11 atom stereocenters. The van der Waals surface area contributed by atoms with Crippen LogP contribution in [0.25, 0.3) is 0 Å². The number of hydrogen-bond donors (Lipinski definition) is 1. The monoisotopic (exact) mass is 498 g/mol. The van der Waals surface area contributed by atoms with Crippen molar-refractivity contribution < 1.29 is 19.4 Å².